The van der Waals surface area contributed by atoms with E-state index in [-0.39, 0.29) is 17.7 Å². The molecule has 6 heteroatoms. The fraction of sp³-hybridized carbons (Fsp3) is 0.389. The summed E-state index contributed by atoms with van der Waals surface area (Å²) in [4.78, 5) is 24.1. The molecule has 3 rings (SSSR count). The van der Waals surface area contributed by atoms with E-state index < -0.39 is 0 Å². The predicted octanol–water partition coefficient (Wildman–Crippen LogP) is 2.82. The number of benzene rings is 1. The Morgan fingerprint density at radius 1 is 1.25 bits per heavy atom. The van der Waals surface area contributed by atoms with Gasteiger partial charge < -0.3 is 15.2 Å². The molecule has 1 heterocycles. The van der Waals surface area contributed by atoms with Crippen LogP contribution in [-0.4, -0.2) is 17.0 Å². The summed E-state index contributed by atoms with van der Waals surface area (Å²) in [6.07, 6.45) is 0.952. The maximum absolute atomic E-state index is 12.2. The largest absolute Gasteiger partial charge is 0.361 e. The standard InChI is InChI=1S/C18H21N3O3/c1-10-8-15(10)18(23)20-14-6-4-13(5-7-14)17(22)19-9-16-11(2)21-24-12(16)3/h4-7,10,15H,8-9H2,1-3H3,(H,19,22)(H,20,23). The number of carbonyl (C=O) groups excluding carboxylic acids is 2. The first-order chi connectivity index (χ1) is 11.5. The second kappa shape index (κ2) is 6.47. The summed E-state index contributed by atoms with van der Waals surface area (Å²) in [5.74, 6) is 1.18. The predicted molar refractivity (Wildman–Crippen MR) is 89.5 cm³/mol. The smallest absolute Gasteiger partial charge is 0.251 e. The van der Waals surface area contributed by atoms with Crippen molar-refractivity contribution >= 4 is 17.5 Å². The third kappa shape index (κ3) is 3.48. The van der Waals surface area contributed by atoms with E-state index in [1.54, 1.807) is 24.3 Å². The number of amides is 2. The van der Waals surface area contributed by atoms with Gasteiger partial charge in [-0.2, -0.15) is 0 Å². The summed E-state index contributed by atoms with van der Waals surface area (Å²) in [5, 5.41) is 9.59. The van der Waals surface area contributed by atoms with Crippen molar-refractivity contribution in [1.82, 2.24) is 10.5 Å². The second-order valence-corrected chi connectivity index (χ2v) is 6.37. The number of hydrogen-bond donors (Lipinski definition) is 2. The van der Waals surface area contributed by atoms with Crippen LogP contribution in [0.25, 0.3) is 0 Å². The van der Waals surface area contributed by atoms with Gasteiger partial charge in [-0.05, 0) is 50.5 Å². The zero-order valence-electron chi connectivity index (χ0n) is 14.1. The Balaban J connectivity index is 1.56. The van der Waals surface area contributed by atoms with Crippen molar-refractivity contribution in [3.05, 3.63) is 46.8 Å². The van der Waals surface area contributed by atoms with Crippen LogP contribution in [0.3, 0.4) is 0 Å². The lowest BCUT2D eigenvalue weighted by molar-refractivity contribution is -0.117. The van der Waals surface area contributed by atoms with Gasteiger partial charge >= 0.3 is 0 Å². The molecule has 0 bridgehead atoms. The lowest BCUT2D eigenvalue weighted by Gasteiger charge is -2.07. The van der Waals surface area contributed by atoms with Crippen LogP contribution in [0.4, 0.5) is 5.69 Å². The van der Waals surface area contributed by atoms with Gasteiger partial charge in [0, 0.05) is 29.3 Å². The Morgan fingerprint density at radius 2 is 1.92 bits per heavy atom. The molecule has 2 N–H and O–H groups in total. The first kappa shape index (κ1) is 16.2. The van der Waals surface area contributed by atoms with Crippen LogP contribution in [0.1, 0.15) is 40.7 Å². The number of hydrogen-bond acceptors (Lipinski definition) is 4. The Labute approximate surface area is 140 Å². The molecule has 1 aromatic heterocycles. The first-order valence-corrected chi connectivity index (χ1v) is 8.06. The lowest BCUT2D eigenvalue weighted by atomic mass is 10.1. The maximum Gasteiger partial charge on any atom is 0.251 e. The van der Waals surface area contributed by atoms with Gasteiger partial charge in [0.25, 0.3) is 5.91 Å². The Bertz CT molecular complexity index is 745. The highest BCUT2D eigenvalue weighted by molar-refractivity contribution is 5.96. The molecule has 126 valence electrons. The summed E-state index contributed by atoms with van der Waals surface area (Å²) in [7, 11) is 0. The van der Waals surface area contributed by atoms with E-state index in [2.05, 4.69) is 22.7 Å². The van der Waals surface area contributed by atoms with Gasteiger partial charge in [0.05, 0.1) is 5.69 Å². The van der Waals surface area contributed by atoms with Crippen LogP contribution >= 0.6 is 0 Å². The minimum absolute atomic E-state index is 0.0538. The van der Waals surface area contributed by atoms with Gasteiger partial charge in [-0.1, -0.05) is 12.1 Å². The lowest BCUT2D eigenvalue weighted by Crippen LogP contribution is -2.23. The van der Waals surface area contributed by atoms with E-state index in [4.69, 9.17) is 4.52 Å². The number of rotatable bonds is 5. The molecule has 6 nitrogen and oxygen atoms in total. The molecule has 24 heavy (non-hydrogen) atoms. The minimum Gasteiger partial charge on any atom is -0.361 e. The van der Waals surface area contributed by atoms with Crippen LogP contribution < -0.4 is 10.6 Å². The molecule has 2 aromatic rings. The van der Waals surface area contributed by atoms with Crippen molar-refractivity contribution in [2.24, 2.45) is 11.8 Å². The summed E-state index contributed by atoms with van der Waals surface area (Å²) in [6.45, 7) is 6.10. The third-order valence-corrected chi connectivity index (χ3v) is 4.47. The molecule has 2 unspecified atom stereocenters. The number of nitrogens with zero attached hydrogens (tertiary/aromatic N) is 1. The van der Waals surface area contributed by atoms with Crippen molar-refractivity contribution in [3.8, 4) is 0 Å². The van der Waals surface area contributed by atoms with Crippen LogP contribution in [-0.2, 0) is 11.3 Å². The monoisotopic (exact) mass is 327 g/mol. The summed E-state index contributed by atoms with van der Waals surface area (Å²) in [6, 6.07) is 6.90. The number of aromatic nitrogens is 1. The third-order valence-electron chi connectivity index (χ3n) is 4.47. The summed E-state index contributed by atoms with van der Waals surface area (Å²) in [5.41, 5.74) is 2.92. The van der Waals surface area contributed by atoms with Gasteiger partial charge in [0.1, 0.15) is 5.76 Å². The van der Waals surface area contributed by atoms with Crippen molar-refractivity contribution in [3.63, 3.8) is 0 Å². The van der Waals surface area contributed by atoms with E-state index in [1.807, 2.05) is 13.8 Å². The highest BCUT2D eigenvalue weighted by Crippen LogP contribution is 2.38. The molecule has 1 aliphatic carbocycles. The van der Waals surface area contributed by atoms with Crippen molar-refractivity contribution in [2.75, 3.05) is 5.32 Å². The average molecular weight is 327 g/mol. The Kier molecular flexibility index (Phi) is 4.38. The molecule has 0 spiro atoms. The van der Waals surface area contributed by atoms with Crippen LogP contribution in [0.5, 0.6) is 0 Å². The molecular formula is C18H21N3O3. The number of carbonyl (C=O) groups is 2. The zero-order chi connectivity index (χ0) is 17.3. The molecule has 0 radical (unpaired) electrons. The Morgan fingerprint density at radius 3 is 2.46 bits per heavy atom. The van der Waals surface area contributed by atoms with Gasteiger partial charge in [0.15, 0.2) is 0 Å². The van der Waals surface area contributed by atoms with Crippen LogP contribution in [0.2, 0.25) is 0 Å². The number of nitrogens with one attached hydrogen (secondary N) is 2. The summed E-state index contributed by atoms with van der Waals surface area (Å²) < 4.78 is 5.08. The van der Waals surface area contributed by atoms with Crippen molar-refractivity contribution < 1.29 is 14.1 Å². The van der Waals surface area contributed by atoms with Gasteiger partial charge in [-0.25, -0.2) is 0 Å². The molecule has 0 aliphatic heterocycles. The molecule has 1 saturated carbocycles. The highest BCUT2D eigenvalue weighted by Gasteiger charge is 2.39. The number of anilines is 1. The molecule has 1 aliphatic rings. The molecule has 1 fully saturated rings. The average Bonchev–Trinajstić information content (AvgIpc) is 3.22. The van der Waals surface area contributed by atoms with Crippen molar-refractivity contribution in [1.29, 1.82) is 0 Å². The molecule has 0 saturated heterocycles. The van der Waals surface area contributed by atoms with Gasteiger partial charge in [-0.15, -0.1) is 0 Å². The van der Waals surface area contributed by atoms with Gasteiger partial charge in [-0.3, -0.25) is 9.59 Å². The summed E-state index contributed by atoms with van der Waals surface area (Å²) >= 11 is 0. The normalized spacial score (nSPS) is 19.0. The van der Waals surface area contributed by atoms with Gasteiger partial charge in [0.2, 0.25) is 5.91 Å². The maximum atomic E-state index is 12.2. The minimum atomic E-state index is -0.177. The topological polar surface area (TPSA) is 84.2 Å². The molecule has 2 atom stereocenters. The Hall–Kier alpha value is -2.63. The van der Waals surface area contributed by atoms with Crippen molar-refractivity contribution in [2.45, 2.75) is 33.7 Å². The fourth-order valence-corrected chi connectivity index (χ4v) is 2.65. The second-order valence-electron chi connectivity index (χ2n) is 6.37. The van der Waals surface area contributed by atoms with Crippen LogP contribution in [0.15, 0.2) is 28.8 Å². The van der Waals surface area contributed by atoms with Crippen LogP contribution in [0, 0.1) is 25.7 Å². The fourth-order valence-electron chi connectivity index (χ4n) is 2.65. The molecule has 2 amide bonds. The molecular weight excluding hydrogens is 306 g/mol. The molecule has 1 aromatic carbocycles. The SMILES string of the molecule is Cc1noc(C)c1CNC(=O)c1ccc(NC(=O)C2CC2C)cc1. The van der Waals surface area contributed by atoms with E-state index in [1.165, 1.54) is 0 Å². The van der Waals surface area contributed by atoms with E-state index in [9.17, 15) is 9.59 Å². The first-order valence-electron chi connectivity index (χ1n) is 8.06. The van der Waals surface area contributed by atoms with E-state index in [0.717, 1.165) is 17.7 Å². The van der Waals surface area contributed by atoms with E-state index in [0.29, 0.717) is 29.5 Å². The van der Waals surface area contributed by atoms with E-state index >= 15 is 0 Å². The zero-order valence-corrected chi connectivity index (χ0v) is 14.1. The quantitative estimate of drug-likeness (QED) is 0.884. The highest BCUT2D eigenvalue weighted by atomic mass is 16.5. The number of aryl methyl sites for hydroxylation is 2.